The molecule has 0 aromatic heterocycles. The molecule has 0 unspecified atom stereocenters. The molecule has 2 N–H and O–H groups in total. The Kier molecular flexibility index (Phi) is 3.95. The van der Waals surface area contributed by atoms with Crippen LogP contribution in [0.15, 0.2) is 12.7 Å². The molecule has 0 aliphatic carbocycles. The lowest BCUT2D eigenvalue weighted by Gasteiger charge is -2.16. The van der Waals surface area contributed by atoms with Crippen molar-refractivity contribution in [1.82, 2.24) is 4.90 Å². The largest absolute Gasteiger partial charge is 0.368 e. The Labute approximate surface area is 65.7 Å². The number of likely N-dealkylation sites (N-methyl/N-ethyl adjacent to an activating group) is 1. The summed E-state index contributed by atoms with van der Waals surface area (Å²) in [4.78, 5) is 22.6. The van der Waals surface area contributed by atoms with E-state index < -0.39 is 5.91 Å². The smallest absolute Gasteiger partial charge is 0.246 e. The number of amides is 2. The van der Waals surface area contributed by atoms with Crippen LogP contribution in [-0.4, -0.2) is 29.8 Å². The highest BCUT2D eigenvalue weighted by molar-refractivity contribution is 5.90. The molecule has 4 heteroatoms. The van der Waals surface area contributed by atoms with E-state index in [0.717, 1.165) is 6.08 Å². The van der Waals surface area contributed by atoms with Gasteiger partial charge in [-0.2, -0.15) is 0 Å². The van der Waals surface area contributed by atoms with Gasteiger partial charge in [0.15, 0.2) is 0 Å². The lowest BCUT2D eigenvalue weighted by atomic mass is 10.4. The molecule has 0 bridgehead atoms. The van der Waals surface area contributed by atoms with E-state index in [1.54, 1.807) is 6.92 Å². The number of carbonyl (C=O) groups is 2. The van der Waals surface area contributed by atoms with Gasteiger partial charge in [0.2, 0.25) is 11.8 Å². The van der Waals surface area contributed by atoms with Crippen molar-refractivity contribution >= 4 is 11.8 Å². The monoisotopic (exact) mass is 156 g/mol. The summed E-state index contributed by atoms with van der Waals surface area (Å²) in [6.07, 6.45) is 1.16. The molecule has 0 fully saturated rings. The van der Waals surface area contributed by atoms with E-state index in [4.69, 9.17) is 5.73 Å². The summed E-state index contributed by atoms with van der Waals surface area (Å²) in [5, 5.41) is 0. The molecule has 0 aliphatic rings. The average molecular weight is 156 g/mol. The van der Waals surface area contributed by atoms with E-state index in [2.05, 4.69) is 6.58 Å². The summed E-state index contributed by atoms with van der Waals surface area (Å²) in [5.74, 6) is -0.784. The third kappa shape index (κ3) is 3.40. The molecule has 4 nitrogen and oxygen atoms in total. The zero-order valence-electron chi connectivity index (χ0n) is 6.54. The van der Waals surface area contributed by atoms with Crippen LogP contribution in [0.25, 0.3) is 0 Å². The summed E-state index contributed by atoms with van der Waals surface area (Å²) in [7, 11) is 0. The van der Waals surface area contributed by atoms with Crippen molar-refractivity contribution in [3.8, 4) is 0 Å². The van der Waals surface area contributed by atoms with Gasteiger partial charge in [-0.1, -0.05) is 6.58 Å². The van der Waals surface area contributed by atoms with Crippen LogP contribution in [0.5, 0.6) is 0 Å². The molecule has 0 atom stereocenters. The Bertz CT molecular complexity index is 177. The van der Waals surface area contributed by atoms with Crippen LogP contribution in [0.4, 0.5) is 0 Å². The number of hydrogen-bond acceptors (Lipinski definition) is 2. The van der Waals surface area contributed by atoms with Gasteiger partial charge in [-0.3, -0.25) is 9.59 Å². The van der Waals surface area contributed by atoms with Gasteiger partial charge in [-0.25, -0.2) is 0 Å². The van der Waals surface area contributed by atoms with Crippen LogP contribution < -0.4 is 5.73 Å². The quantitative estimate of drug-likeness (QED) is 0.558. The number of primary amides is 1. The summed E-state index contributed by atoms with van der Waals surface area (Å²) in [6, 6.07) is 0. The Morgan fingerprint density at radius 2 is 2.18 bits per heavy atom. The van der Waals surface area contributed by atoms with Crippen LogP contribution in [0.1, 0.15) is 6.92 Å². The van der Waals surface area contributed by atoms with Crippen molar-refractivity contribution in [2.24, 2.45) is 5.73 Å². The minimum atomic E-state index is -0.512. The van der Waals surface area contributed by atoms with Crippen molar-refractivity contribution < 1.29 is 9.59 Å². The number of nitrogens with zero attached hydrogens (tertiary/aromatic N) is 1. The molecule has 0 saturated heterocycles. The molecule has 0 heterocycles. The molecule has 0 radical (unpaired) electrons. The fourth-order valence-electron chi connectivity index (χ4n) is 0.663. The van der Waals surface area contributed by atoms with Crippen LogP contribution in [-0.2, 0) is 9.59 Å². The molecule has 0 saturated carbocycles. The van der Waals surface area contributed by atoms with E-state index in [0.29, 0.717) is 6.54 Å². The third-order valence-electron chi connectivity index (χ3n) is 1.21. The molecule has 0 aromatic rings. The minimum absolute atomic E-state index is 0.0403. The van der Waals surface area contributed by atoms with Gasteiger partial charge in [-0.05, 0) is 13.0 Å². The molecular weight excluding hydrogens is 144 g/mol. The number of rotatable bonds is 4. The Balaban J connectivity index is 4.05. The summed E-state index contributed by atoms with van der Waals surface area (Å²) >= 11 is 0. The summed E-state index contributed by atoms with van der Waals surface area (Å²) in [6.45, 7) is 5.49. The predicted octanol–water partition coefficient (Wildman–Crippen LogP) is -0.494. The Morgan fingerprint density at radius 3 is 2.45 bits per heavy atom. The van der Waals surface area contributed by atoms with E-state index in [1.807, 2.05) is 0 Å². The summed E-state index contributed by atoms with van der Waals surface area (Å²) < 4.78 is 0. The first-order valence-electron chi connectivity index (χ1n) is 3.31. The zero-order chi connectivity index (χ0) is 8.85. The van der Waals surface area contributed by atoms with Gasteiger partial charge < -0.3 is 10.6 Å². The molecule has 0 aromatic carbocycles. The second-order valence-electron chi connectivity index (χ2n) is 2.02. The minimum Gasteiger partial charge on any atom is -0.368 e. The first-order chi connectivity index (χ1) is 5.11. The molecule has 0 spiro atoms. The maximum atomic E-state index is 10.9. The van der Waals surface area contributed by atoms with E-state index in [-0.39, 0.29) is 12.5 Å². The molecule has 11 heavy (non-hydrogen) atoms. The standard InChI is InChI=1S/C7H12N2O2/c1-3-7(11)9(4-2)5-6(8)10/h3H,1,4-5H2,2H3,(H2,8,10). The van der Waals surface area contributed by atoms with Gasteiger partial charge in [0, 0.05) is 6.54 Å². The third-order valence-corrected chi connectivity index (χ3v) is 1.21. The zero-order valence-corrected chi connectivity index (χ0v) is 6.54. The highest BCUT2D eigenvalue weighted by Crippen LogP contribution is 1.88. The first kappa shape index (κ1) is 9.68. The number of carbonyl (C=O) groups excluding carboxylic acids is 2. The van der Waals surface area contributed by atoms with Gasteiger partial charge in [0.05, 0.1) is 6.54 Å². The van der Waals surface area contributed by atoms with Gasteiger partial charge >= 0.3 is 0 Å². The SMILES string of the molecule is C=CC(=O)N(CC)CC(N)=O. The number of nitrogens with two attached hydrogens (primary N) is 1. The van der Waals surface area contributed by atoms with E-state index in [9.17, 15) is 9.59 Å². The predicted molar refractivity (Wildman–Crippen MR) is 41.6 cm³/mol. The highest BCUT2D eigenvalue weighted by atomic mass is 16.2. The van der Waals surface area contributed by atoms with Crippen LogP contribution in [0.2, 0.25) is 0 Å². The molecule has 62 valence electrons. The lowest BCUT2D eigenvalue weighted by Crippen LogP contribution is -2.37. The van der Waals surface area contributed by atoms with Crippen molar-refractivity contribution in [2.75, 3.05) is 13.1 Å². The van der Waals surface area contributed by atoms with Crippen molar-refractivity contribution in [2.45, 2.75) is 6.92 Å². The molecule has 0 aliphatic heterocycles. The second kappa shape index (κ2) is 4.49. The van der Waals surface area contributed by atoms with Crippen molar-refractivity contribution in [3.63, 3.8) is 0 Å². The van der Waals surface area contributed by atoms with Crippen LogP contribution in [0, 0.1) is 0 Å². The lowest BCUT2D eigenvalue weighted by molar-refractivity contribution is -0.130. The van der Waals surface area contributed by atoms with Gasteiger partial charge in [0.25, 0.3) is 0 Å². The van der Waals surface area contributed by atoms with Gasteiger partial charge in [-0.15, -0.1) is 0 Å². The fourth-order valence-corrected chi connectivity index (χ4v) is 0.663. The normalized spacial score (nSPS) is 8.82. The molecule has 0 rings (SSSR count). The van der Waals surface area contributed by atoms with Crippen molar-refractivity contribution in [1.29, 1.82) is 0 Å². The van der Waals surface area contributed by atoms with E-state index >= 15 is 0 Å². The van der Waals surface area contributed by atoms with E-state index in [1.165, 1.54) is 4.90 Å². The van der Waals surface area contributed by atoms with Crippen LogP contribution in [0.3, 0.4) is 0 Å². The summed E-state index contributed by atoms with van der Waals surface area (Å²) in [5.41, 5.74) is 4.89. The molecule has 2 amide bonds. The fraction of sp³-hybridized carbons (Fsp3) is 0.429. The molecular formula is C7H12N2O2. The Morgan fingerprint density at radius 1 is 1.64 bits per heavy atom. The second-order valence-corrected chi connectivity index (χ2v) is 2.02. The van der Waals surface area contributed by atoms with Crippen molar-refractivity contribution in [3.05, 3.63) is 12.7 Å². The highest BCUT2D eigenvalue weighted by Gasteiger charge is 2.09. The first-order valence-corrected chi connectivity index (χ1v) is 3.31. The average Bonchev–Trinajstić information content (AvgIpc) is 1.98. The van der Waals surface area contributed by atoms with Crippen LogP contribution >= 0.6 is 0 Å². The topological polar surface area (TPSA) is 63.4 Å². The maximum Gasteiger partial charge on any atom is 0.246 e. The number of hydrogen-bond donors (Lipinski definition) is 1. The Hall–Kier alpha value is -1.32. The maximum absolute atomic E-state index is 10.9. The van der Waals surface area contributed by atoms with Gasteiger partial charge in [0.1, 0.15) is 0 Å².